The minimum Gasteiger partial charge on any atom is -0.459 e. The topological polar surface area (TPSA) is 74.6 Å². The highest BCUT2D eigenvalue weighted by Gasteiger charge is 2.19. The van der Waals surface area contributed by atoms with Crippen molar-refractivity contribution in [2.45, 2.75) is 13.0 Å². The third kappa shape index (κ3) is 4.60. The Morgan fingerprint density at radius 3 is 2.41 bits per heavy atom. The molecule has 0 aliphatic heterocycles. The van der Waals surface area contributed by atoms with E-state index < -0.39 is 17.8 Å². The Balaban J connectivity index is 1.39. The number of furan rings is 1. The molecule has 0 spiro atoms. The lowest BCUT2D eigenvalue weighted by atomic mass is 10.2. The fourth-order valence-electron chi connectivity index (χ4n) is 3.18. The standard InChI is InChI=1S/C24H20FN3O3S/c1-15(22-14-16-6-2-5-9-21(16)31-22)26-24(30)28(32)18-12-10-17(11-13-18)27-23(29)19-7-3-4-8-20(19)25/h2-15,32H,1H3,(H,26,30)(H,27,29). The highest BCUT2D eigenvalue weighted by atomic mass is 32.1. The number of amides is 3. The fraction of sp³-hybridized carbons (Fsp3) is 0.0833. The number of urea groups is 1. The number of hydrogen-bond acceptors (Lipinski definition) is 4. The van der Waals surface area contributed by atoms with E-state index in [1.165, 1.54) is 18.2 Å². The molecule has 32 heavy (non-hydrogen) atoms. The summed E-state index contributed by atoms with van der Waals surface area (Å²) in [7, 11) is 0. The average molecular weight is 450 g/mol. The number of nitrogens with one attached hydrogen (secondary N) is 2. The highest BCUT2D eigenvalue weighted by molar-refractivity contribution is 7.82. The molecular formula is C24H20FN3O3S. The lowest BCUT2D eigenvalue weighted by Crippen LogP contribution is -2.35. The zero-order valence-corrected chi connectivity index (χ0v) is 18.0. The summed E-state index contributed by atoms with van der Waals surface area (Å²) in [6, 6.07) is 20.9. The van der Waals surface area contributed by atoms with Crippen LogP contribution in [0.5, 0.6) is 0 Å². The molecular weight excluding hydrogens is 429 g/mol. The van der Waals surface area contributed by atoms with Crippen LogP contribution < -0.4 is 14.9 Å². The van der Waals surface area contributed by atoms with Crippen molar-refractivity contribution in [1.29, 1.82) is 0 Å². The van der Waals surface area contributed by atoms with Gasteiger partial charge in [-0.05, 0) is 55.5 Å². The highest BCUT2D eigenvalue weighted by Crippen LogP contribution is 2.25. The monoisotopic (exact) mass is 449 g/mol. The van der Waals surface area contributed by atoms with E-state index in [1.54, 1.807) is 30.3 Å². The molecule has 8 heteroatoms. The molecule has 1 unspecified atom stereocenters. The maximum atomic E-state index is 13.8. The first-order chi connectivity index (χ1) is 15.4. The molecule has 0 saturated heterocycles. The van der Waals surface area contributed by atoms with E-state index in [-0.39, 0.29) is 11.6 Å². The van der Waals surface area contributed by atoms with Gasteiger partial charge in [-0.15, -0.1) is 0 Å². The Kier molecular flexibility index (Phi) is 6.13. The summed E-state index contributed by atoms with van der Waals surface area (Å²) in [4.78, 5) is 24.8. The van der Waals surface area contributed by atoms with Crippen molar-refractivity contribution in [1.82, 2.24) is 5.32 Å². The summed E-state index contributed by atoms with van der Waals surface area (Å²) >= 11 is 4.28. The second kappa shape index (κ2) is 9.15. The zero-order valence-electron chi connectivity index (χ0n) is 17.1. The van der Waals surface area contributed by atoms with Crippen molar-refractivity contribution in [2.75, 3.05) is 9.62 Å². The van der Waals surface area contributed by atoms with E-state index in [0.29, 0.717) is 17.1 Å². The first-order valence-corrected chi connectivity index (χ1v) is 10.3. The van der Waals surface area contributed by atoms with Gasteiger partial charge in [0.2, 0.25) is 0 Å². The molecule has 0 saturated carbocycles. The molecule has 4 rings (SSSR count). The van der Waals surface area contributed by atoms with Crippen LogP contribution in [0.4, 0.5) is 20.6 Å². The van der Waals surface area contributed by atoms with Crippen LogP contribution in [0.3, 0.4) is 0 Å². The molecule has 1 aromatic heterocycles. The van der Waals surface area contributed by atoms with E-state index in [9.17, 15) is 14.0 Å². The number of rotatable bonds is 5. The molecule has 0 radical (unpaired) electrons. The number of para-hydroxylation sites is 1. The maximum Gasteiger partial charge on any atom is 0.332 e. The summed E-state index contributed by atoms with van der Waals surface area (Å²) in [6.45, 7) is 1.82. The number of carbonyl (C=O) groups is 2. The number of carbonyl (C=O) groups excluding carboxylic acids is 2. The van der Waals surface area contributed by atoms with Gasteiger partial charge in [0.25, 0.3) is 5.91 Å². The maximum absolute atomic E-state index is 13.8. The van der Waals surface area contributed by atoms with Crippen molar-refractivity contribution in [3.63, 3.8) is 0 Å². The number of benzene rings is 3. The van der Waals surface area contributed by atoms with Crippen LogP contribution in [0.25, 0.3) is 11.0 Å². The number of hydrogen-bond donors (Lipinski definition) is 3. The summed E-state index contributed by atoms with van der Waals surface area (Å²) in [5.74, 6) is -0.526. The minimum atomic E-state index is -0.599. The fourth-order valence-corrected chi connectivity index (χ4v) is 3.37. The van der Waals surface area contributed by atoms with Gasteiger partial charge in [0, 0.05) is 11.1 Å². The predicted molar refractivity (Wildman–Crippen MR) is 125 cm³/mol. The second-order valence-corrected chi connectivity index (χ2v) is 7.55. The molecule has 1 heterocycles. The van der Waals surface area contributed by atoms with Gasteiger partial charge >= 0.3 is 6.03 Å². The van der Waals surface area contributed by atoms with Crippen LogP contribution in [0.2, 0.25) is 0 Å². The van der Waals surface area contributed by atoms with Crippen LogP contribution in [-0.2, 0) is 0 Å². The first-order valence-electron chi connectivity index (χ1n) is 9.86. The van der Waals surface area contributed by atoms with Gasteiger partial charge in [-0.3, -0.25) is 4.79 Å². The molecule has 6 nitrogen and oxygen atoms in total. The molecule has 3 amide bonds. The van der Waals surface area contributed by atoms with Crippen LogP contribution in [-0.4, -0.2) is 11.9 Å². The van der Waals surface area contributed by atoms with Crippen LogP contribution >= 0.6 is 12.8 Å². The molecule has 0 aliphatic carbocycles. The summed E-state index contributed by atoms with van der Waals surface area (Å²) in [5.41, 5.74) is 1.65. The molecule has 0 aliphatic rings. The smallest absolute Gasteiger partial charge is 0.332 e. The van der Waals surface area contributed by atoms with Crippen LogP contribution in [0.1, 0.15) is 29.1 Å². The SMILES string of the molecule is CC(NC(=O)N(S)c1ccc(NC(=O)c2ccccc2F)cc1)c1cc2ccccc2o1. The molecule has 3 aromatic carbocycles. The summed E-state index contributed by atoms with van der Waals surface area (Å²) in [5, 5.41) is 6.42. The molecule has 2 N–H and O–H groups in total. The average Bonchev–Trinajstić information content (AvgIpc) is 3.24. The minimum absolute atomic E-state index is 0.0497. The van der Waals surface area contributed by atoms with Crippen molar-refractivity contribution >= 4 is 47.1 Å². The van der Waals surface area contributed by atoms with Gasteiger partial charge in [0.05, 0.1) is 17.3 Å². The van der Waals surface area contributed by atoms with Crippen molar-refractivity contribution in [3.05, 3.63) is 96.0 Å². The lowest BCUT2D eigenvalue weighted by Gasteiger charge is -2.19. The van der Waals surface area contributed by atoms with Gasteiger partial charge in [-0.2, -0.15) is 0 Å². The van der Waals surface area contributed by atoms with Gasteiger partial charge < -0.3 is 15.1 Å². The van der Waals surface area contributed by atoms with Crippen molar-refractivity contribution in [3.8, 4) is 0 Å². The zero-order chi connectivity index (χ0) is 22.7. The van der Waals surface area contributed by atoms with Gasteiger partial charge in [0.1, 0.15) is 17.2 Å². The van der Waals surface area contributed by atoms with E-state index in [2.05, 4.69) is 23.4 Å². The number of fused-ring (bicyclic) bond motifs is 1. The Bertz CT molecular complexity index is 1240. The van der Waals surface area contributed by atoms with E-state index in [4.69, 9.17) is 4.42 Å². The quantitative estimate of drug-likeness (QED) is 0.330. The number of nitrogens with zero attached hydrogens (tertiary/aromatic N) is 1. The van der Waals surface area contributed by atoms with Gasteiger partial charge in [-0.1, -0.05) is 43.1 Å². The Morgan fingerprint density at radius 1 is 1.00 bits per heavy atom. The number of thiol groups is 1. The third-order valence-electron chi connectivity index (χ3n) is 4.89. The van der Waals surface area contributed by atoms with Gasteiger partial charge in [-0.25, -0.2) is 13.5 Å². The first kappa shape index (κ1) is 21.5. The molecule has 0 bridgehead atoms. The van der Waals surface area contributed by atoms with E-state index in [1.807, 2.05) is 37.3 Å². The number of anilines is 2. The van der Waals surface area contributed by atoms with E-state index >= 15 is 0 Å². The Labute approximate surface area is 189 Å². The third-order valence-corrected chi connectivity index (χ3v) is 5.30. The Morgan fingerprint density at radius 2 is 1.69 bits per heavy atom. The molecule has 162 valence electrons. The number of halogens is 1. The van der Waals surface area contributed by atoms with Crippen molar-refractivity contribution in [2.24, 2.45) is 0 Å². The molecule has 4 aromatic rings. The Hall–Kier alpha value is -3.78. The normalized spacial score (nSPS) is 11.7. The van der Waals surface area contributed by atoms with Crippen molar-refractivity contribution < 1.29 is 18.4 Å². The predicted octanol–water partition coefficient (Wildman–Crippen LogP) is 5.95. The van der Waals surface area contributed by atoms with Crippen LogP contribution in [0.15, 0.2) is 83.3 Å². The molecule has 0 fully saturated rings. The lowest BCUT2D eigenvalue weighted by molar-refractivity contribution is 0.102. The van der Waals surface area contributed by atoms with Gasteiger partial charge in [0.15, 0.2) is 0 Å². The van der Waals surface area contributed by atoms with E-state index in [0.717, 1.165) is 15.3 Å². The summed E-state index contributed by atoms with van der Waals surface area (Å²) < 4.78 is 20.7. The summed E-state index contributed by atoms with van der Waals surface area (Å²) in [6.07, 6.45) is 0. The second-order valence-electron chi connectivity index (χ2n) is 7.15. The molecule has 1 atom stereocenters. The van der Waals surface area contributed by atoms with Crippen LogP contribution in [0, 0.1) is 5.82 Å². The largest absolute Gasteiger partial charge is 0.459 e.